The van der Waals surface area contributed by atoms with Crippen molar-refractivity contribution in [1.29, 1.82) is 0 Å². The number of rotatable bonds is 4. The molecule has 1 aromatic rings. The Hall–Kier alpha value is -1.00. The number of benzene rings is 1. The van der Waals surface area contributed by atoms with Gasteiger partial charge in [0.2, 0.25) is 5.91 Å². The quantitative estimate of drug-likeness (QED) is 0.822. The summed E-state index contributed by atoms with van der Waals surface area (Å²) in [5.41, 5.74) is 0.907. The van der Waals surface area contributed by atoms with Gasteiger partial charge in [0.05, 0.1) is 5.92 Å². The van der Waals surface area contributed by atoms with Crippen LogP contribution in [0.3, 0.4) is 0 Å². The molecule has 0 saturated carbocycles. The lowest BCUT2D eigenvalue weighted by Gasteiger charge is -2.22. The fourth-order valence-corrected chi connectivity index (χ4v) is 2.87. The molecule has 0 aliphatic carbocycles. The molecule has 0 spiro atoms. The maximum atomic E-state index is 12.1. The highest BCUT2D eigenvalue weighted by molar-refractivity contribution is 7.99. The number of nitrogens with one attached hydrogen (secondary N) is 2. The molecule has 1 aromatic carbocycles. The van der Waals surface area contributed by atoms with Gasteiger partial charge >= 0.3 is 0 Å². The van der Waals surface area contributed by atoms with Crippen molar-refractivity contribution >= 4 is 23.4 Å². The number of amides is 1. The molecule has 0 bridgehead atoms. The third-order valence-electron chi connectivity index (χ3n) is 3.08. The molecule has 0 aromatic heterocycles. The highest BCUT2D eigenvalue weighted by atomic mass is 32.2. The van der Waals surface area contributed by atoms with Gasteiger partial charge in [0.25, 0.3) is 0 Å². The summed E-state index contributed by atoms with van der Waals surface area (Å²) in [5.74, 6) is 1.30. The van der Waals surface area contributed by atoms with Crippen LogP contribution in [0.25, 0.3) is 0 Å². The lowest BCUT2D eigenvalue weighted by Crippen LogP contribution is -2.37. The zero-order valence-electron chi connectivity index (χ0n) is 10.7. The molecule has 1 fully saturated rings. The largest absolute Gasteiger partial charge is 0.326 e. The Morgan fingerprint density at radius 3 is 3.17 bits per heavy atom. The van der Waals surface area contributed by atoms with E-state index in [2.05, 4.69) is 23.6 Å². The molecule has 4 heteroatoms. The summed E-state index contributed by atoms with van der Waals surface area (Å²) in [7, 11) is 0. The molecule has 98 valence electrons. The standard InChI is InChI=1S/C14H20N2OS/c1-2-18-13-7-3-6-12(9-13)16-14(17)11-5-4-8-15-10-11/h3,6-7,9,11,15H,2,4-5,8,10H2,1H3,(H,16,17). The van der Waals surface area contributed by atoms with Crippen molar-refractivity contribution in [2.45, 2.75) is 24.7 Å². The molecule has 1 amide bonds. The number of carbonyl (C=O) groups is 1. The first-order valence-corrected chi connectivity index (χ1v) is 7.52. The van der Waals surface area contributed by atoms with E-state index in [4.69, 9.17) is 0 Å². The predicted octanol–water partition coefficient (Wildman–Crippen LogP) is 2.74. The number of piperidine rings is 1. The van der Waals surface area contributed by atoms with Gasteiger partial charge in [0, 0.05) is 17.1 Å². The highest BCUT2D eigenvalue weighted by Crippen LogP contribution is 2.22. The fraction of sp³-hybridized carbons (Fsp3) is 0.500. The van der Waals surface area contributed by atoms with Gasteiger partial charge in [-0.1, -0.05) is 13.0 Å². The van der Waals surface area contributed by atoms with Gasteiger partial charge in [-0.15, -0.1) is 11.8 Å². The van der Waals surface area contributed by atoms with Crippen LogP contribution >= 0.6 is 11.8 Å². The van der Waals surface area contributed by atoms with Crippen molar-refractivity contribution in [1.82, 2.24) is 5.32 Å². The summed E-state index contributed by atoms with van der Waals surface area (Å²) in [5, 5.41) is 6.29. The first-order valence-electron chi connectivity index (χ1n) is 6.54. The van der Waals surface area contributed by atoms with Gasteiger partial charge in [0.1, 0.15) is 0 Å². The monoisotopic (exact) mass is 264 g/mol. The summed E-state index contributed by atoms with van der Waals surface area (Å²) < 4.78 is 0. The Morgan fingerprint density at radius 2 is 2.44 bits per heavy atom. The van der Waals surface area contributed by atoms with Gasteiger partial charge in [-0.2, -0.15) is 0 Å². The Bertz CT molecular complexity index is 403. The maximum Gasteiger partial charge on any atom is 0.228 e. The van der Waals surface area contributed by atoms with Gasteiger partial charge in [-0.05, 0) is 43.3 Å². The van der Waals surface area contributed by atoms with Crippen molar-refractivity contribution < 1.29 is 4.79 Å². The minimum absolute atomic E-state index is 0.112. The summed E-state index contributed by atoms with van der Waals surface area (Å²) in [4.78, 5) is 13.3. The van der Waals surface area contributed by atoms with E-state index in [1.54, 1.807) is 11.8 Å². The van der Waals surface area contributed by atoms with Crippen LogP contribution in [0.15, 0.2) is 29.2 Å². The van der Waals surface area contributed by atoms with Crippen molar-refractivity contribution in [2.24, 2.45) is 5.92 Å². The lowest BCUT2D eigenvalue weighted by atomic mass is 9.99. The zero-order valence-corrected chi connectivity index (χ0v) is 11.6. The fourth-order valence-electron chi connectivity index (χ4n) is 2.15. The van der Waals surface area contributed by atoms with E-state index < -0.39 is 0 Å². The molecule has 1 saturated heterocycles. The second-order valence-corrected chi connectivity index (χ2v) is 5.83. The van der Waals surface area contributed by atoms with E-state index in [9.17, 15) is 4.79 Å². The number of carbonyl (C=O) groups excluding carboxylic acids is 1. The average molecular weight is 264 g/mol. The van der Waals surface area contributed by atoms with E-state index >= 15 is 0 Å². The Morgan fingerprint density at radius 1 is 1.56 bits per heavy atom. The summed E-state index contributed by atoms with van der Waals surface area (Å²) in [6.07, 6.45) is 2.08. The van der Waals surface area contributed by atoms with Crippen LogP contribution in [-0.2, 0) is 4.79 Å². The average Bonchev–Trinajstić information content (AvgIpc) is 2.40. The van der Waals surface area contributed by atoms with Gasteiger partial charge < -0.3 is 10.6 Å². The lowest BCUT2D eigenvalue weighted by molar-refractivity contribution is -0.120. The molecule has 0 radical (unpaired) electrons. The molecule has 2 rings (SSSR count). The Kier molecular flexibility index (Phi) is 5.08. The van der Waals surface area contributed by atoms with Crippen molar-refractivity contribution in [2.75, 3.05) is 24.2 Å². The molecular formula is C14H20N2OS. The second-order valence-electron chi connectivity index (χ2n) is 4.49. The molecule has 1 aliphatic heterocycles. The van der Waals surface area contributed by atoms with Crippen molar-refractivity contribution in [3.05, 3.63) is 24.3 Å². The minimum Gasteiger partial charge on any atom is -0.326 e. The van der Waals surface area contributed by atoms with Crippen LogP contribution < -0.4 is 10.6 Å². The Balaban J connectivity index is 1.95. The van der Waals surface area contributed by atoms with E-state index in [-0.39, 0.29) is 11.8 Å². The first kappa shape index (κ1) is 13.4. The number of hydrogen-bond donors (Lipinski definition) is 2. The van der Waals surface area contributed by atoms with Gasteiger partial charge in [0.15, 0.2) is 0 Å². The van der Waals surface area contributed by atoms with Crippen LogP contribution in [0.5, 0.6) is 0 Å². The van der Waals surface area contributed by atoms with Gasteiger partial charge in [-0.25, -0.2) is 0 Å². The third kappa shape index (κ3) is 3.75. The third-order valence-corrected chi connectivity index (χ3v) is 3.96. The molecule has 3 nitrogen and oxygen atoms in total. The van der Waals surface area contributed by atoms with E-state index in [0.717, 1.165) is 37.4 Å². The molecule has 1 heterocycles. The van der Waals surface area contributed by atoms with Crippen LogP contribution in [0.2, 0.25) is 0 Å². The number of thioether (sulfide) groups is 1. The summed E-state index contributed by atoms with van der Waals surface area (Å²) in [6.45, 7) is 3.96. The molecule has 1 atom stereocenters. The number of anilines is 1. The summed E-state index contributed by atoms with van der Waals surface area (Å²) >= 11 is 1.79. The van der Waals surface area contributed by atoms with E-state index in [1.807, 2.05) is 18.2 Å². The van der Waals surface area contributed by atoms with Crippen molar-refractivity contribution in [3.8, 4) is 0 Å². The smallest absolute Gasteiger partial charge is 0.228 e. The normalized spacial score (nSPS) is 19.5. The summed E-state index contributed by atoms with van der Waals surface area (Å²) in [6, 6.07) is 8.06. The topological polar surface area (TPSA) is 41.1 Å². The minimum atomic E-state index is 0.112. The number of hydrogen-bond acceptors (Lipinski definition) is 3. The van der Waals surface area contributed by atoms with Crippen molar-refractivity contribution in [3.63, 3.8) is 0 Å². The van der Waals surface area contributed by atoms with E-state index in [1.165, 1.54) is 4.90 Å². The predicted molar refractivity (Wildman–Crippen MR) is 77.1 cm³/mol. The van der Waals surface area contributed by atoms with Crippen LogP contribution in [0, 0.1) is 5.92 Å². The zero-order chi connectivity index (χ0) is 12.8. The molecule has 1 aliphatic rings. The molecule has 2 N–H and O–H groups in total. The van der Waals surface area contributed by atoms with Crippen LogP contribution in [-0.4, -0.2) is 24.7 Å². The maximum absolute atomic E-state index is 12.1. The van der Waals surface area contributed by atoms with Crippen LogP contribution in [0.4, 0.5) is 5.69 Å². The molecule has 18 heavy (non-hydrogen) atoms. The SMILES string of the molecule is CCSc1cccc(NC(=O)C2CCCNC2)c1. The van der Waals surface area contributed by atoms with Gasteiger partial charge in [-0.3, -0.25) is 4.79 Å². The molecular weight excluding hydrogens is 244 g/mol. The highest BCUT2D eigenvalue weighted by Gasteiger charge is 2.20. The molecule has 1 unspecified atom stereocenters. The second kappa shape index (κ2) is 6.81. The Labute approximate surface area is 113 Å². The first-order chi connectivity index (χ1) is 8.79. The van der Waals surface area contributed by atoms with Crippen LogP contribution in [0.1, 0.15) is 19.8 Å². The van der Waals surface area contributed by atoms with E-state index in [0.29, 0.717) is 0 Å².